The standard InChI is InChI=1S/C19H15ClN4/c1-13-6-5-9-15-10-16(19(20)21-18(13)15)11-24-12-17(22-23-24)14-7-3-2-4-8-14/h2-10,12H,11H2,1H3. The van der Waals surface area contributed by atoms with Gasteiger partial charge < -0.3 is 0 Å². The van der Waals surface area contributed by atoms with Crippen LogP contribution in [0.5, 0.6) is 0 Å². The number of nitrogens with zero attached hydrogens (tertiary/aromatic N) is 4. The van der Waals surface area contributed by atoms with E-state index in [-0.39, 0.29) is 0 Å². The summed E-state index contributed by atoms with van der Waals surface area (Å²) in [5.74, 6) is 0. The van der Waals surface area contributed by atoms with E-state index in [1.54, 1.807) is 4.68 Å². The quantitative estimate of drug-likeness (QED) is 0.518. The number of para-hydroxylation sites is 1. The van der Waals surface area contributed by atoms with E-state index in [0.717, 1.165) is 33.3 Å². The lowest BCUT2D eigenvalue weighted by Crippen LogP contribution is -2.02. The highest BCUT2D eigenvalue weighted by Crippen LogP contribution is 2.24. The Morgan fingerprint density at radius 2 is 1.88 bits per heavy atom. The maximum absolute atomic E-state index is 6.38. The number of rotatable bonds is 3. The van der Waals surface area contributed by atoms with Crippen molar-refractivity contribution in [2.24, 2.45) is 0 Å². The lowest BCUT2D eigenvalue weighted by atomic mass is 10.1. The summed E-state index contributed by atoms with van der Waals surface area (Å²) in [5, 5.41) is 10.0. The first-order valence-electron chi connectivity index (χ1n) is 7.71. The average molecular weight is 335 g/mol. The van der Waals surface area contributed by atoms with Crippen LogP contribution in [0.4, 0.5) is 0 Å². The van der Waals surface area contributed by atoms with E-state index in [0.29, 0.717) is 11.7 Å². The zero-order valence-corrected chi connectivity index (χ0v) is 13.9. The van der Waals surface area contributed by atoms with Gasteiger partial charge in [-0.15, -0.1) is 5.10 Å². The molecule has 5 heteroatoms. The van der Waals surface area contributed by atoms with Crippen LogP contribution >= 0.6 is 11.6 Å². The number of hydrogen-bond donors (Lipinski definition) is 0. The summed E-state index contributed by atoms with van der Waals surface area (Å²) in [6, 6.07) is 18.2. The summed E-state index contributed by atoms with van der Waals surface area (Å²) in [7, 11) is 0. The molecule has 0 amide bonds. The molecule has 0 radical (unpaired) electrons. The van der Waals surface area contributed by atoms with Crippen LogP contribution in [0.3, 0.4) is 0 Å². The summed E-state index contributed by atoms with van der Waals surface area (Å²) in [6.07, 6.45) is 1.92. The molecule has 118 valence electrons. The van der Waals surface area contributed by atoms with Crippen molar-refractivity contribution in [3.63, 3.8) is 0 Å². The number of fused-ring (bicyclic) bond motifs is 1. The number of aryl methyl sites for hydroxylation is 1. The van der Waals surface area contributed by atoms with E-state index in [1.807, 2.05) is 61.7 Å². The van der Waals surface area contributed by atoms with Gasteiger partial charge in [0.15, 0.2) is 0 Å². The number of halogens is 1. The molecule has 2 aromatic carbocycles. The Morgan fingerprint density at radius 3 is 2.71 bits per heavy atom. The van der Waals surface area contributed by atoms with Gasteiger partial charge in [0.05, 0.1) is 18.3 Å². The van der Waals surface area contributed by atoms with Gasteiger partial charge in [0.2, 0.25) is 0 Å². The molecule has 0 fully saturated rings. The molecule has 0 bridgehead atoms. The molecule has 0 aliphatic carbocycles. The highest BCUT2D eigenvalue weighted by atomic mass is 35.5. The van der Waals surface area contributed by atoms with E-state index in [2.05, 4.69) is 21.4 Å². The molecule has 4 aromatic rings. The third kappa shape index (κ3) is 2.76. The smallest absolute Gasteiger partial charge is 0.134 e. The van der Waals surface area contributed by atoms with Crippen molar-refractivity contribution in [1.29, 1.82) is 0 Å². The van der Waals surface area contributed by atoms with Crippen LogP contribution in [0, 0.1) is 6.92 Å². The Bertz CT molecular complexity index is 1010. The molecule has 24 heavy (non-hydrogen) atoms. The van der Waals surface area contributed by atoms with E-state index < -0.39 is 0 Å². The molecule has 4 rings (SSSR count). The molecule has 0 aliphatic rings. The minimum absolute atomic E-state index is 0.508. The summed E-state index contributed by atoms with van der Waals surface area (Å²) >= 11 is 6.38. The van der Waals surface area contributed by atoms with Crippen molar-refractivity contribution in [2.45, 2.75) is 13.5 Å². The largest absolute Gasteiger partial charge is 0.247 e. The summed E-state index contributed by atoms with van der Waals surface area (Å²) < 4.78 is 1.78. The number of aromatic nitrogens is 4. The van der Waals surface area contributed by atoms with E-state index in [1.165, 1.54) is 0 Å². The van der Waals surface area contributed by atoms with Gasteiger partial charge in [-0.05, 0) is 18.6 Å². The van der Waals surface area contributed by atoms with Gasteiger partial charge in [-0.25, -0.2) is 9.67 Å². The molecule has 2 aromatic heterocycles. The van der Waals surface area contributed by atoms with Crippen molar-refractivity contribution < 1.29 is 0 Å². The maximum Gasteiger partial charge on any atom is 0.134 e. The van der Waals surface area contributed by atoms with E-state index in [4.69, 9.17) is 11.6 Å². The maximum atomic E-state index is 6.38. The van der Waals surface area contributed by atoms with Gasteiger partial charge in [0.1, 0.15) is 10.8 Å². The highest BCUT2D eigenvalue weighted by molar-refractivity contribution is 6.30. The van der Waals surface area contributed by atoms with Crippen molar-refractivity contribution in [1.82, 2.24) is 20.0 Å². The van der Waals surface area contributed by atoms with Crippen LogP contribution in [0.2, 0.25) is 5.15 Å². The molecule has 2 heterocycles. The van der Waals surface area contributed by atoms with E-state index in [9.17, 15) is 0 Å². The minimum atomic E-state index is 0.508. The third-order valence-electron chi connectivity index (χ3n) is 4.01. The first-order chi connectivity index (χ1) is 11.7. The average Bonchev–Trinajstić information content (AvgIpc) is 3.06. The van der Waals surface area contributed by atoms with Crippen LogP contribution in [-0.4, -0.2) is 20.0 Å². The number of benzene rings is 2. The van der Waals surface area contributed by atoms with Gasteiger partial charge in [-0.1, -0.05) is 65.3 Å². The topological polar surface area (TPSA) is 43.6 Å². The molecule has 0 spiro atoms. The molecule has 0 aliphatic heterocycles. The molecule has 0 saturated carbocycles. The van der Waals surface area contributed by atoms with Crippen molar-refractivity contribution in [3.8, 4) is 11.3 Å². The van der Waals surface area contributed by atoms with Crippen LogP contribution in [0.15, 0.2) is 60.8 Å². The number of pyridine rings is 1. The fraction of sp³-hybridized carbons (Fsp3) is 0.105. The van der Waals surface area contributed by atoms with Crippen molar-refractivity contribution >= 4 is 22.5 Å². The molecule has 4 nitrogen and oxygen atoms in total. The van der Waals surface area contributed by atoms with Crippen LogP contribution in [0.1, 0.15) is 11.1 Å². The summed E-state index contributed by atoms with van der Waals surface area (Å²) in [5.41, 5.74) is 4.88. The van der Waals surface area contributed by atoms with Crippen LogP contribution < -0.4 is 0 Å². The molecule has 0 unspecified atom stereocenters. The van der Waals surface area contributed by atoms with Gasteiger partial charge >= 0.3 is 0 Å². The zero-order valence-electron chi connectivity index (χ0n) is 13.1. The van der Waals surface area contributed by atoms with Gasteiger partial charge in [0, 0.05) is 16.5 Å². The Balaban J connectivity index is 1.67. The molecule has 0 saturated heterocycles. The van der Waals surface area contributed by atoms with Gasteiger partial charge in [0.25, 0.3) is 0 Å². The Morgan fingerprint density at radius 1 is 1.04 bits per heavy atom. The normalized spacial score (nSPS) is 11.1. The highest BCUT2D eigenvalue weighted by Gasteiger charge is 2.09. The fourth-order valence-corrected chi connectivity index (χ4v) is 2.97. The lowest BCUT2D eigenvalue weighted by molar-refractivity contribution is 0.649. The minimum Gasteiger partial charge on any atom is -0.247 e. The lowest BCUT2D eigenvalue weighted by Gasteiger charge is -2.07. The second-order valence-electron chi connectivity index (χ2n) is 5.75. The third-order valence-corrected chi connectivity index (χ3v) is 4.34. The summed E-state index contributed by atoms with van der Waals surface area (Å²) in [6.45, 7) is 2.57. The van der Waals surface area contributed by atoms with Crippen LogP contribution in [-0.2, 0) is 6.54 Å². The SMILES string of the molecule is Cc1cccc2cc(Cn3cc(-c4ccccc4)nn3)c(Cl)nc12. The Labute approximate surface area is 144 Å². The zero-order chi connectivity index (χ0) is 16.5. The molecular formula is C19H15ClN4. The first-order valence-corrected chi connectivity index (χ1v) is 8.09. The molecule has 0 atom stereocenters. The molecule has 0 N–H and O–H groups in total. The van der Waals surface area contributed by atoms with Crippen LogP contribution in [0.25, 0.3) is 22.2 Å². The summed E-state index contributed by atoms with van der Waals surface area (Å²) in [4.78, 5) is 4.54. The van der Waals surface area contributed by atoms with Crippen molar-refractivity contribution in [2.75, 3.05) is 0 Å². The second kappa shape index (κ2) is 6.06. The van der Waals surface area contributed by atoms with Gasteiger partial charge in [-0.3, -0.25) is 0 Å². The predicted octanol–water partition coefficient (Wildman–Crippen LogP) is 4.50. The predicted molar refractivity (Wildman–Crippen MR) is 96.1 cm³/mol. The van der Waals surface area contributed by atoms with Crippen molar-refractivity contribution in [3.05, 3.63) is 77.1 Å². The van der Waals surface area contributed by atoms with E-state index >= 15 is 0 Å². The first kappa shape index (κ1) is 14.8. The Kier molecular flexibility index (Phi) is 3.75. The van der Waals surface area contributed by atoms with Gasteiger partial charge in [-0.2, -0.15) is 0 Å². The Hall–Kier alpha value is -2.72. The second-order valence-corrected chi connectivity index (χ2v) is 6.11. The number of hydrogen-bond acceptors (Lipinski definition) is 3. The molecular weight excluding hydrogens is 320 g/mol. The monoisotopic (exact) mass is 334 g/mol. The fourth-order valence-electron chi connectivity index (χ4n) is 2.77.